The second-order valence-electron chi connectivity index (χ2n) is 3.93. The van der Waals surface area contributed by atoms with Gasteiger partial charge in [-0.15, -0.1) is 11.8 Å². The van der Waals surface area contributed by atoms with Gasteiger partial charge in [-0.1, -0.05) is 15.9 Å². The van der Waals surface area contributed by atoms with Gasteiger partial charge < -0.3 is 10.6 Å². The lowest BCUT2D eigenvalue weighted by atomic mass is 10.1. The Morgan fingerprint density at radius 3 is 2.83 bits per heavy atom. The molecule has 0 saturated carbocycles. The Labute approximate surface area is 121 Å². The van der Waals surface area contributed by atoms with Crippen molar-refractivity contribution >= 4 is 33.6 Å². The SMILES string of the molecule is CCNC(=O)CSc1ccc(Br)cc1C(C)NC. The second-order valence-corrected chi connectivity index (χ2v) is 5.87. The largest absolute Gasteiger partial charge is 0.356 e. The lowest BCUT2D eigenvalue weighted by molar-refractivity contribution is -0.118. The molecule has 0 heterocycles. The average Bonchev–Trinajstić information content (AvgIpc) is 2.36. The van der Waals surface area contributed by atoms with E-state index >= 15 is 0 Å². The zero-order chi connectivity index (χ0) is 13.5. The third-order valence-corrected chi connectivity index (χ3v) is 4.19. The molecule has 1 aromatic carbocycles. The first kappa shape index (κ1) is 15.5. The molecule has 3 nitrogen and oxygen atoms in total. The molecule has 1 unspecified atom stereocenters. The molecule has 0 aliphatic carbocycles. The van der Waals surface area contributed by atoms with Gasteiger partial charge in [0, 0.05) is 22.0 Å². The third-order valence-electron chi connectivity index (χ3n) is 2.60. The molecular weight excluding hydrogens is 312 g/mol. The normalized spacial score (nSPS) is 12.2. The van der Waals surface area contributed by atoms with Crippen molar-refractivity contribution in [3.63, 3.8) is 0 Å². The van der Waals surface area contributed by atoms with Crippen LogP contribution in [0, 0.1) is 0 Å². The monoisotopic (exact) mass is 330 g/mol. The predicted molar refractivity (Wildman–Crippen MR) is 81.0 cm³/mol. The van der Waals surface area contributed by atoms with Gasteiger partial charge in [-0.3, -0.25) is 4.79 Å². The standard InChI is InChI=1S/C13H19BrN2OS/c1-4-16-13(17)8-18-12-6-5-10(14)7-11(12)9(2)15-3/h5-7,9,15H,4,8H2,1-3H3,(H,16,17). The van der Waals surface area contributed by atoms with Gasteiger partial charge in [0.15, 0.2) is 0 Å². The Bertz CT molecular complexity index is 412. The molecule has 0 aliphatic rings. The summed E-state index contributed by atoms with van der Waals surface area (Å²) in [7, 11) is 1.93. The minimum atomic E-state index is 0.0773. The van der Waals surface area contributed by atoms with E-state index in [0.717, 1.165) is 9.37 Å². The summed E-state index contributed by atoms with van der Waals surface area (Å²) in [6.07, 6.45) is 0. The molecule has 0 radical (unpaired) electrons. The van der Waals surface area contributed by atoms with Gasteiger partial charge in [0.2, 0.25) is 5.91 Å². The molecule has 1 rings (SSSR count). The molecule has 0 aromatic heterocycles. The number of nitrogens with one attached hydrogen (secondary N) is 2. The molecule has 0 bridgehead atoms. The predicted octanol–water partition coefficient (Wildman–Crippen LogP) is 2.96. The summed E-state index contributed by atoms with van der Waals surface area (Å²) >= 11 is 5.06. The molecule has 1 atom stereocenters. The van der Waals surface area contributed by atoms with Gasteiger partial charge in [-0.05, 0) is 44.7 Å². The van der Waals surface area contributed by atoms with Crippen LogP contribution in [0.15, 0.2) is 27.6 Å². The smallest absolute Gasteiger partial charge is 0.230 e. The van der Waals surface area contributed by atoms with E-state index in [9.17, 15) is 4.79 Å². The summed E-state index contributed by atoms with van der Waals surface area (Å²) in [6, 6.07) is 6.42. The average molecular weight is 331 g/mol. The first-order valence-corrected chi connectivity index (χ1v) is 7.72. The molecule has 0 fully saturated rings. The van der Waals surface area contributed by atoms with Crippen LogP contribution in [0.3, 0.4) is 0 Å². The lowest BCUT2D eigenvalue weighted by Gasteiger charge is -2.16. The number of rotatable bonds is 6. The zero-order valence-corrected chi connectivity index (χ0v) is 13.3. The van der Waals surface area contributed by atoms with Crippen molar-refractivity contribution in [1.29, 1.82) is 0 Å². The van der Waals surface area contributed by atoms with Crippen molar-refractivity contribution in [3.8, 4) is 0 Å². The van der Waals surface area contributed by atoms with Gasteiger partial charge >= 0.3 is 0 Å². The highest BCUT2D eigenvalue weighted by molar-refractivity contribution is 9.10. The summed E-state index contributed by atoms with van der Waals surface area (Å²) in [4.78, 5) is 12.6. The van der Waals surface area contributed by atoms with Crippen LogP contribution in [0.2, 0.25) is 0 Å². The highest BCUT2D eigenvalue weighted by atomic mass is 79.9. The summed E-state index contributed by atoms with van der Waals surface area (Å²) in [6.45, 7) is 4.72. The van der Waals surface area contributed by atoms with Crippen molar-refractivity contribution in [2.24, 2.45) is 0 Å². The summed E-state index contributed by atoms with van der Waals surface area (Å²) < 4.78 is 1.06. The van der Waals surface area contributed by atoms with Crippen LogP contribution >= 0.6 is 27.7 Å². The number of amides is 1. The minimum Gasteiger partial charge on any atom is -0.356 e. The number of carbonyl (C=O) groups is 1. The zero-order valence-electron chi connectivity index (χ0n) is 10.9. The minimum absolute atomic E-state index is 0.0773. The van der Waals surface area contributed by atoms with E-state index in [-0.39, 0.29) is 11.9 Å². The summed E-state index contributed by atoms with van der Waals surface area (Å²) in [5.74, 6) is 0.535. The molecule has 0 saturated heterocycles. The quantitative estimate of drug-likeness (QED) is 0.788. The number of halogens is 1. The van der Waals surface area contributed by atoms with Crippen molar-refractivity contribution < 1.29 is 4.79 Å². The van der Waals surface area contributed by atoms with E-state index in [4.69, 9.17) is 0 Å². The van der Waals surface area contributed by atoms with E-state index in [1.165, 1.54) is 5.56 Å². The lowest BCUT2D eigenvalue weighted by Crippen LogP contribution is -2.24. The van der Waals surface area contributed by atoms with Crippen LogP contribution in [0.5, 0.6) is 0 Å². The Morgan fingerprint density at radius 2 is 2.22 bits per heavy atom. The van der Waals surface area contributed by atoms with Gasteiger partial charge in [-0.25, -0.2) is 0 Å². The second kappa shape index (κ2) is 7.81. The van der Waals surface area contributed by atoms with Gasteiger partial charge in [-0.2, -0.15) is 0 Å². The van der Waals surface area contributed by atoms with Gasteiger partial charge in [0.25, 0.3) is 0 Å². The van der Waals surface area contributed by atoms with E-state index in [2.05, 4.69) is 45.6 Å². The van der Waals surface area contributed by atoms with Crippen LogP contribution in [0.25, 0.3) is 0 Å². The first-order valence-electron chi connectivity index (χ1n) is 5.94. The van der Waals surface area contributed by atoms with Crippen molar-refractivity contribution in [3.05, 3.63) is 28.2 Å². The van der Waals surface area contributed by atoms with E-state index in [1.807, 2.05) is 20.0 Å². The highest BCUT2D eigenvalue weighted by Crippen LogP contribution is 2.30. The number of thioether (sulfide) groups is 1. The Morgan fingerprint density at radius 1 is 1.50 bits per heavy atom. The number of hydrogen-bond acceptors (Lipinski definition) is 3. The van der Waals surface area contributed by atoms with Crippen LogP contribution in [0.1, 0.15) is 25.5 Å². The molecule has 5 heteroatoms. The van der Waals surface area contributed by atoms with Crippen LogP contribution in [-0.4, -0.2) is 25.3 Å². The fourth-order valence-electron chi connectivity index (χ4n) is 1.54. The number of hydrogen-bond donors (Lipinski definition) is 2. The fourth-order valence-corrected chi connectivity index (χ4v) is 2.87. The van der Waals surface area contributed by atoms with Crippen molar-refractivity contribution in [1.82, 2.24) is 10.6 Å². The Hall–Kier alpha value is -0.520. The van der Waals surface area contributed by atoms with E-state index in [0.29, 0.717) is 12.3 Å². The third kappa shape index (κ3) is 4.63. The highest BCUT2D eigenvalue weighted by Gasteiger charge is 2.11. The van der Waals surface area contributed by atoms with Gasteiger partial charge in [0.1, 0.15) is 0 Å². The van der Waals surface area contributed by atoms with Crippen LogP contribution in [0.4, 0.5) is 0 Å². The Kier molecular flexibility index (Phi) is 6.75. The van der Waals surface area contributed by atoms with E-state index in [1.54, 1.807) is 11.8 Å². The molecular formula is C13H19BrN2OS. The molecule has 100 valence electrons. The van der Waals surface area contributed by atoms with E-state index < -0.39 is 0 Å². The molecule has 0 spiro atoms. The maximum atomic E-state index is 11.5. The Balaban J connectivity index is 2.78. The molecule has 1 aromatic rings. The van der Waals surface area contributed by atoms with Crippen molar-refractivity contribution in [2.75, 3.05) is 19.3 Å². The topological polar surface area (TPSA) is 41.1 Å². The number of benzene rings is 1. The maximum Gasteiger partial charge on any atom is 0.230 e. The molecule has 1 amide bonds. The molecule has 0 aliphatic heterocycles. The van der Waals surface area contributed by atoms with Gasteiger partial charge in [0.05, 0.1) is 5.75 Å². The molecule has 18 heavy (non-hydrogen) atoms. The maximum absolute atomic E-state index is 11.5. The van der Waals surface area contributed by atoms with Crippen LogP contribution in [-0.2, 0) is 4.79 Å². The summed E-state index contributed by atoms with van der Waals surface area (Å²) in [5.41, 5.74) is 1.21. The molecule has 2 N–H and O–H groups in total. The fraction of sp³-hybridized carbons (Fsp3) is 0.462. The van der Waals surface area contributed by atoms with Crippen LogP contribution < -0.4 is 10.6 Å². The first-order chi connectivity index (χ1) is 8.58. The van der Waals surface area contributed by atoms with Crippen molar-refractivity contribution in [2.45, 2.75) is 24.8 Å². The summed E-state index contributed by atoms with van der Waals surface area (Å²) in [5, 5.41) is 6.03. The number of carbonyl (C=O) groups excluding carboxylic acids is 1.